The van der Waals surface area contributed by atoms with E-state index in [2.05, 4.69) is 4.99 Å². The molecule has 7 nitrogen and oxygen atoms in total. The monoisotopic (exact) mass is 272 g/mol. The third-order valence-electron chi connectivity index (χ3n) is 4.28. The summed E-state index contributed by atoms with van der Waals surface area (Å²) in [5.74, 6) is -3.61. The van der Waals surface area contributed by atoms with Crippen molar-refractivity contribution in [3.8, 4) is 0 Å². The normalized spacial score (nSPS) is 34.3. The van der Waals surface area contributed by atoms with E-state index in [-0.39, 0.29) is 5.84 Å². The van der Waals surface area contributed by atoms with Crippen molar-refractivity contribution in [1.29, 1.82) is 0 Å². The fourth-order valence-corrected chi connectivity index (χ4v) is 3.45. The second-order valence-electron chi connectivity index (χ2n) is 4.99. The Labute approximate surface area is 113 Å². The molecule has 3 amide bonds. The van der Waals surface area contributed by atoms with Crippen LogP contribution in [0, 0.1) is 10.8 Å². The van der Waals surface area contributed by atoms with E-state index in [0.717, 1.165) is 0 Å². The molecule has 1 saturated carbocycles. The van der Waals surface area contributed by atoms with Gasteiger partial charge in [-0.3, -0.25) is 14.4 Å². The van der Waals surface area contributed by atoms with E-state index in [1.54, 1.807) is 30.3 Å². The van der Waals surface area contributed by atoms with Crippen molar-refractivity contribution < 1.29 is 14.4 Å². The summed E-state index contributed by atoms with van der Waals surface area (Å²) < 4.78 is 0. The molecule has 1 aliphatic carbocycles. The van der Waals surface area contributed by atoms with E-state index in [1.165, 1.54) is 0 Å². The Morgan fingerprint density at radius 2 is 1.60 bits per heavy atom. The third-order valence-corrected chi connectivity index (χ3v) is 4.28. The molecule has 1 aliphatic heterocycles. The van der Waals surface area contributed by atoms with Crippen LogP contribution in [-0.4, -0.2) is 23.6 Å². The molecule has 0 spiro atoms. The SMILES string of the molecule is NC(=O)[C@@]12C(N)=NC(=O)[C@]1(C(N)=O)[C@H]2c1ccccc1. The largest absolute Gasteiger partial charge is 0.386 e. The van der Waals surface area contributed by atoms with Crippen molar-refractivity contribution in [1.82, 2.24) is 0 Å². The average molecular weight is 272 g/mol. The average Bonchev–Trinajstić information content (AvgIpc) is 2.99. The van der Waals surface area contributed by atoms with Crippen LogP contribution in [0.4, 0.5) is 0 Å². The lowest BCUT2D eigenvalue weighted by Crippen LogP contribution is -2.43. The van der Waals surface area contributed by atoms with Gasteiger partial charge in [-0.05, 0) is 5.56 Å². The van der Waals surface area contributed by atoms with Crippen molar-refractivity contribution in [2.75, 3.05) is 0 Å². The Morgan fingerprint density at radius 3 is 2.05 bits per heavy atom. The Kier molecular flexibility index (Phi) is 2.12. The first kappa shape index (κ1) is 12.3. The predicted octanol–water partition coefficient (Wildman–Crippen LogP) is -1.38. The van der Waals surface area contributed by atoms with Gasteiger partial charge < -0.3 is 17.2 Å². The topological polar surface area (TPSA) is 142 Å². The van der Waals surface area contributed by atoms with Gasteiger partial charge in [0.2, 0.25) is 11.8 Å². The highest BCUT2D eigenvalue weighted by Crippen LogP contribution is 2.77. The van der Waals surface area contributed by atoms with Crippen LogP contribution in [0.2, 0.25) is 0 Å². The van der Waals surface area contributed by atoms with Crippen LogP contribution in [0.5, 0.6) is 0 Å². The lowest BCUT2D eigenvalue weighted by atomic mass is 9.92. The molecule has 0 saturated heterocycles. The van der Waals surface area contributed by atoms with E-state index in [4.69, 9.17) is 17.2 Å². The zero-order valence-electron chi connectivity index (χ0n) is 10.4. The number of hydrogen-bond acceptors (Lipinski definition) is 4. The maximum absolute atomic E-state index is 12.1. The molecule has 1 aromatic rings. The minimum atomic E-state index is -1.77. The van der Waals surface area contributed by atoms with Gasteiger partial charge in [-0.25, -0.2) is 0 Å². The van der Waals surface area contributed by atoms with Gasteiger partial charge in [-0.15, -0.1) is 0 Å². The maximum atomic E-state index is 12.1. The first-order chi connectivity index (χ1) is 9.41. The van der Waals surface area contributed by atoms with E-state index < -0.39 is 34.5 Å². The Hall–Kier alpha value is -2.70. The molecule has 2 aliphatic rings. The Bertz CT molecular complexity index is 684. The molecule has 0 aromatic heterocycles. The van der Waals surface area contributed by atoms with Gasteiger partial charge in [0.25, 0.3) is 5.91 Å². The number of amidine groups is 1. The third kappa shape index (κ3) is 0.987. The van der Waals surface area contributed by atoms with Crippen molar-refractivity contribution >= 4 is 23.6 Å². The van der Waals surface area contributed by atoms with E-state index in [1.807, 2.05) is 0 Å². The highest BCUT2D eigenvalue weighted by atomic mass is 16.2. The zero-order chi connectivity index (χ0) is 14.7. The van der Waals surface area contributed by atoms with Gasteiger partial charge in [0.15, 0.2) is 5.41 Å². The van der Waals surface area contributed by atoms with Gasteiger partial charge in [-0.1, -0.05) is 30.3 Å². The molecular weight excluding hydrogens is 260 g/mol. The summed E-state index contributed by atoms with van der Waals surface area (Å²) in [5, 5.41) is 0. The summed E-state index contributed by atoms with van der Waals surface area (Å²) in [4.78, 5) is 39.4. The van der Waals surface area contributed by atoms with Gasteiger partial charge in [0.1, 0.15) is 11.3 Å². The number of aliphatic imine (C=N–C) groups is 1. The van der Waals surface area contributed by atoms with Crippen molar-refractivity contribution in [2.45, 2.75) is 5.92 Å². The van der Waals surface area contributed by atoms with Crippen molar-refractivity contribution in [2.24, 2.45) is 33.0 Å². The number of nitrogens with zero attached hydrogens (tertiary/aromatic N) is 1. The second kappa shape index (κ2) is 3.44. The summed E-state index contributed by atoms with van der Waals surface area (Å²) >= 11 is 0. The highest BCUT2D eigenvalue weighted by Gasteiger charge is 2.91. The number of carbonyl (C=O) groups is 3. The number of benzene rings is 1. The fourth-order valence-electron chi connectivity index (χ4n) is 3.45. The molecule has 7 heteroatoms. The number of primary amides is 2. The second-order valence-corrected chi connectivity index (χ2v) is 4.99. The molecule has 1 heterocycles. The summed E-state index contributed by atoms with van der Waals surface area (Å²) in [5.41, 5.74) is 13.7. The summed E-state index contributed by atoms with van der Waals surface area (Å²) in [6.45, 7) is 0. The van der Waals surface area contributed by atoms with Crippen LogP contribution in [0.3, 0.4) is 0 Å². The number of rotatable bonds is 3. The minimum absolute atomic E-state index is 0.234. The first-order valence-corrected chi connectivity index (χ1v) is 5.95. The maximum Gasteiger partial charge on any atom is 0.265 e. The van der Waals surface area contributed by atoms with Gasteiger partial charge in [0.05, 0.1) is 0 Å². The van der Waals surface area contributed by atoms with Gasteiger partial charge >= 0.3 is 0 Å². The Balaban J connectivity index is 2.27. The quantitative estimate of drug-likeness (QED) is 0.583. The molecule has 1 aromatic carbocycles. The van der Waals surface area contributed by atoms with Crippen LogP contribution in [0.1, 0.15) is 11.5 Å². The lowest BCUT2D eigenvalue weighted by Gasteiger charge is -2.10. The molecular formula is C13H12N4O3. The molecule has 0 radical (unpaired) electrons. The van der Waals surface area contributed by atoms with Crippen LogP contribution >= 0.6 is 0 Å². The standard InChI is InChI=1S/C13H12N4O3/c14-8-12(9(15)18)7(6-4-2-1-3-5-6)13(12,10(16)19)11(20)17-8/h1-5,7H,(H2,15,18)(H2,16,19)(H2,14,17,20)/t7-,12+,13+/m0/s1. The van der Waals surface area contributed by atoms with E-state index >= 15 is 0 Å². The molecule has 20 heavy (non-hydrogen) atoms. The summed E-state index contributed by atoms with van der Waals surface area (Å²) in [7, 11) is 0. The molecule has 3 atom stereocenters. The lowest BCUT2D eigenvalue weighted by molar-refractivity contribution is -0.136. The van der Waals surface area contributed by atoms with Crippen molar-refractivity contribution in [3.05, 3.63) is 35.9 Å². The zero-order valence-corrected chi connectivity index (χ0v) is 10.4. The van der Waals surface area contributed by atoms with Gasteiger partial charge in [-0.2, -0.15) is 4.99 Å². The fraction of sp³-hybridized carbons (Fsp3) is 0.231. The molecule has 3 rings (SSSR count). The predicted molar refractivity (Wildman–Crippen MR) is 69.1 cm³/mol. The molecule has 6 N–H and O–H groups in total. The highest BCUT2D eigenvalue weighted by molar-refractivity contribution is 6.33. The number of carbonyl (C=O) groups excluding carboxylic acids is 3. The molecule has 0 bridgehead atoms. The number of nitrogens with two attached hydrogens (primary N) is 3. The number of amides is 3. The smallest absolute Gasteiger partial charge is 0.265 e. The first-order valence-electron chi connectivity index (χ1n) is 5.95. The number of hydrogen-bond donors (Lipinski definition) is 3. The molecule has 102 valence electrons. The number of fused-ring (bicyclic) bond motifs is 1. The van der Waals surface area contributed by atoms with E-state index in [0.29, 0.717) is 5.56 Å². The summed E-state index contributed by atoms with van der Waals surface area (Å²) in [6, 6.07) is 8.61. The van der Waals surface area contributed by atoms with Gasteiger partial charge in [0, 0.05) is 5.92 Å². The van der Waals surface area contributed by atoms with Crippen LogP contribution in [0.15, 0.2) is 35.3 Å². The van der Waals surface area contributed by atoms with Crippen LogP contribution < -0.4 is 17.2 Å². The Morgan fingerprint density at radius 1 is 1.05 bits per heavy atom. The molecule has 1 fully saturated rings. The molecule has 0 unspecified atom stereocenters. The van der Waals surface area contributed by atoms with Crippen LogP contribution in [0.25, 0.3) is 0 Å². The minimum Gasteiger partial charge on any atom is -0.386 e. The van der Waals surface area contributed by atoms with Crippen molar-refractivity contribution in [3.63, 3.8) is 0 Å². The summed E-state index contributed by atoms with van der Waals surface area (Å²) in [6.07, 6.45) is 0. The van der Waals surface area contributed by atoms with E-state index in [9.17, 15) is 14.4 Å². The van der Waals surface area contributed by atoms with Crippen LogP contribution in [-0.2, 0) is 14.4 Å².